The molecule has 13 heavy (non-hydrogen) atoms. The van der Waals surface area contributed by atoms with Crippen molar-refractivity contribution in [3.05, 3.63) is 34.9 Å². The van der Waals surface area contributed by atoms with Crippen LogP contribution in [0.2, 0.25) is 0 Å². The normalized spacial score (nSPS) is 15.2. The van der Waals surface area contributed by atoms with Crippen molar-refractivity contribution >= 4 is 6.08 Å². The zero-order chi connectivity index (χ0) is 9.26. The Morgan fingerprint density at radius 1 is 1.31 bits per heavy atom. The summed E-state index contributed by atoms with van der Waals surface area (Å²) in [6.07, 6.45) is 7.57. The SMILES string of the molecule is Cc1ccc2c(c1O)C=CCCC2. The first kappa shape index (κ1) is 8.36. The van der Waals surface area contributed by atoms with Crippen LogP contribution in [0.3, 0.4) is 0 Å². The monoisotopic (exact) mass is 174 g/mol. The van der Waals surface area contributed by atoms with E-state index in [4.69, 9.17) is 0 Å². The fraction of sp³-hybridized carbons (Fsp3) is 0.333. The molecule has 0 saturated carbocycles. The van der Waals surface area contributed by atoms with E-state index in [0.717, 1.165) is 24.0 Å². The number of benzene rings is 1. The maximum Gasteiger partial charge on any atom is 0.125 e. The van der Waals surface area contributed by atoms with Crippen molar-refractivity contribution in [3.8, 4) is 5.75 Å². The Morgan fingerprint density at radius 2 is 2.15 bits per heavy atom. The summed E-state index contributed by atoms with van der Waals surface area (Å²) in [5, 5.41) is 9.82. The smallest absolute Gasteiger partial charge is 0.125 e. The second-order valence-electron chi connectivity index (χ2n) is 3.60. The third-order valence-electron chi connectivity index (χ3n) is 2.61. The molecule has 0 unspecified atom stereocenters. The van der Waals surface area contributed by atoms with Gasteiger partial charge in [0.2, 0.25) is 0 Å². The Labute approximate surface area is 78.7 Å². The minimum atomic E-state index is 0.454. The number of allylic oxidation sites excluding steroid dienone is 1. The largest absolute Gasteiger partial charge is 0.507 e. The van der Waals surface area contributed by atoms with E-state index in [-0.39, 0.29) is 0 Å². The topological polar surface area (TPSA) is 20.2 Å². The van der Waals surface area contributed by atoms with Crippen molar-refractivity contribution in [1.82, 2.24) is 0 Å². The van der Waals surface area contributed by atoms with E-state index in [1.807, 2.05) is 19.1 Å². The molecule has 1 aliphatic rings. The predicted molar refractivity (Wildman–Crippen MR) is 54.8 cm³/mol. The molecule has 2 rings (SSSR count). The Bertz CT molecular complexity index is 350. The van der Waals surface area contributed by atoms with Gasteiger partial charge in [-0.3, -0.25) is 0 Å². The average Bonchev–Trinajstić information content (AvgIpc) is 2.36. The Kier molecular flexibility index (Phi) is 2.09. The molecule has 1 aromatic carbocycles. The van der Waals surface area contributed by atoms with Gasteiger partial charge in [0.1, 0.15) is 5.75 Å². The van der Waals surface area contributed by atoms with Gasteiger partial charge in [-0.1, -0.05) is 24.3 Å². The Hall–Kier alpha value is -1.24. The highest BCUT2D eigenvalue weighted by Gasteiger charge is 2.09. The van der Waals surface area contributed by atoms with E-state index in [0.29, 0.717) is 5.75 Å². The molecule has 0 aromatic heterocycles. The van der Waals surface area contributed by atoms with Crippen LogP contribution in [0.25, 0.3) is 6.08 Å². The van der Waals surface area contributed by atoms with Crippen molar-refractivity contribution in [2.75, 3.05) is 0 Å². The lowest BCUT2D eigenvalue weighted by Gasteiger charge is -2.07. The van der Waals surface area contributed by atoms with Crippen LogP contribution in [0.5, 0.6) is 5.75 Å². The molecule has 0 radical (unpaired) electrons. The van der Waals surface area contributed by atoms with Crippen LogP contribution < -0.4 is 0 Å². The standard InChI is InChI=1S/C12H14O/c1-9-7-8-10-5-3-2-4-6-11(10)12(9)13/h4,6-8,13H,2-3,5H2,1H3. The molecule has 68 valence electrons. The van der Waals surface area contributed by atoms with Gasteiger partial charge in [0.15, 0.2) is 0 Å². The number of aromatic hydroxyl groups is 1. The number of phenols is 1. The first-order chi connectivity index (χ1) is 6.29. The molecule has 0 spiro atoms. The fourth-order valence-electron chi connectivity index (χ4n) is 1.77. The molecule has 1 N–H and O–H groups in total. The number of rotatable bonds is 0. The lowest BCUT2D eigenvalue weighted by molar-refractivity contribution is 0.469. The first-order valence-corrected chi connectivity index (χ1v) is 4.77. The summed E-state index contributed by atoms with van der Waals surface area (Å²) in [4.78, 5) is 0. The van der Waals surface area contributed by atoms with Crippen molar-refractivity contribution in [2.24, 2.45) is 0 Å². The zero-order valence-electron chi connectivity index (χ0n) is 7.88. The van der Waals surface area contributed by atoms with Crippen molar-refractivity contribution in [1.29, 1.82) is 0 Å². The van der Waals surface area contributed by atoms with Crippen LogP contribution in [-0.2, 0) is 6.42 Å². The van der Waals surface area contributed by atoms with Gasteiger partial charge in [0.05, 0.1) is 0 Å². The molecule has 0 saturated heterocycles. The van der Waals surface area contributed by atoms with Gasteiger partial charge < -0.3 is 5.11 Å². The van der Waals surface area contributed by atoms with Crippen LogP contribution in [0.15, 0.2) is 18.2 Å². The van der Waals surface area contributed by atoms with Gasteiger partial charge in [-0.05, 0) is 37.3 Å². The number of aryl methyl sites for hydroxylation is 2. The molecule has 1 nitrogen and oxygen atoms in total. The molecule has 0 fully saturated rings. The minimum absolute atomic E-state index is 0.454. The summed E-state index contributed by atoms with van der Waals surface area (Å²) in [6.45, 7) is 1.94. The highest BCUT2D eigenvalue weighted by atomic mass is 16.3. The molecule has 1 aliphatic carbocycles. The van der Waals surface area contributed by atoms with E-state index in [1.165, 1.54) is 12.0 Å². The second-order valence-corrected chi connectivity index (χ2v) is 3.60. The zero-order valence-corrected chi connectivity index (χ0v) is 7.88. The van der Waals surface area contributed by atoms with E-state index in [9.17, 15) is 5.11 Å². The molecule has 1 heteroatoms. The van der Waals surface area contributed by atoms with Gasteiger partial charge in [-0.15, -0.1) is 0 Å². The summed E-state index contributed by atoms with van der Waals surface area (Å²) in [7, 11) is 0. The fourth-order valence-corrected chi connectivity index (χ4v) is 1.77. The molecular weight excluding hydrogens is 160 g/mol. The van der Waals surface area contributed by atoms with Gasteiger partial charge in [0.25, 0.3) is 0 Å². The van der Waals surface area contributed by atoms with Crippen LogP contribution in [-0.4, -0.2) is 5.11 Å². The summed E-state index contributed by atoms with van der Waals surface area (Å²) in [6, 6.07) is 4.12. The molecule has 0 amide bonds. The second kappa shape index (κ2) is 3.25. The van der Waals surface area contributed by atoms with Crippen LogP contribution in [0, 0.1) is 6.92 Å². The number of fused-ring (bicyclic) bond motifs is 1. The Balaban J connectivity index is 2.58. The minimum Gasteiger partial charge on any atom is -0.507 e. The van der Waals surface area contributed by atoms with Crippen LogP contribution >= 0.6 is 0 Å². The summed E-state index contributed by atoms with van der Waals surface area (Å²) in [5.41, 5.74) is 3.26. The van der Waals surface area contributed by atoms with Gasteiger partial charge in [-0.25, -0.2) is 0 Å². The first-order valence-electron chi connectivity index (χ1n) is 4.77. The maximum atomic E-state index is 9.82. The molecule has 0 atom stereocenters. The highest BCUT2D eigenvalue weighted by molar-refractivity contribution is 5.63. The molecule has 0 aliphatic heterocycles. The van der Waals surface area contributed by atoms with E-state index < -0.39 is 0 Å². The lowest BCUT2D eigenvalue weighted by Crippen LogP contribution is -1.89. The van der Waals surface area contributed by atoms with E-state index in [1.54, 1.807) is 0 Å². The molecule has 0 bridgehead atoms. The lowest BCUT2D eigenvalue weighted by atomic mass is 10.0. The number of hydrogen-bond acceptors (Lipinski definition) is 1. The third kappa shape index (κ3) is 1.46. The summed E-state index contributed by atoms with van der Waals surface area (Å²) >= 11 is 0. The van der Waals surface area contributed by atoms with Crippen molar-refractivity contribution < 1.29 is 5.11 Å². The van der Waals surface area contributed by atoms with Gasteiger partial charge >= 0.3 is 0 Å². The van der Waals surface area contributed by atoms with Crippen LogP contribution in [0.4, 0.5) is 0 Å². The summed E-state index contributed by atoms with van der Waals surface area (Å²) < 4.78 is 0. The predicted octanol–water partition coefficient (Wildman–Crippen LogP) is 3.05. The van der Waals surface area contributed by atoms with Gasteiger partial charge in [-0.2, -0.15) is 0 Å². The third-order valence-corrected chi connectivity index (χ3v) is 2.61. The molecule has 1 aromatic rings. The number of phenolic OH excluding ortho intramolecular Hbond substituents is 1. The summed E-state index contributed by atoms with van der Waals surface area (Å²) in [5.74, 6) is 0.454. The van der Waals surface area contributed by atoms with Crippen molar-refractivity contribution in [2.45, 2.75) is 26.2 Å². The highest BCUT2D eigenvalue weighted by Crippen LogP contribution is 2.29. The molecular formula is C12H14O. The van der Waals surface area contributed by atoms with E-state index in [2.05, 4.69) is 12.1 Å². The van der Waals surface area contributed by atoms with Crippen LogP contribution in [0.1, 0.15) is 29.5 Å². The quantitative estimate of drug-likeness (QED) is 0.641. The van der Waals surface area contributed by atoms with E-state index >= 15 is 0 Å². The number of hydrogen-bond donors (Lipinski definition) is 1. The average molecular weight is 174 g/mol. The maximum absolute atomic E-state index is 9.82. The Morgan fingerprint density at radius 3 is 3.00 bits per heavy atom. The molecule has 0 heterocycles. The van der Waals surface area contributed by atoms with Gasteiger partial charge in [0, 0.05) is 5.56 Å². The van der Waals surface area contributed by atoms with Crippen molar-refractivity contribution in [3.63, 3.8) is 0 Å².